The third kappa shape index (κ3) is 1.88. The van der Waals surface area contributed by atoms with E-state index in [-0.39, 0.29) is 6.42 Å². The van der Waals surface area contributed by atoms with Crippen LogP contribution in [0, 0.1) is 0 Å². The molecular weight excluding hydrogens is 140 g/mol. The molecule has 0 radical (unpaired) electrons. The average Bonchev–Trinajstić information content (AvgIpc) is 1.88. The molecule has 4 heteroatoms. The lowest BCUT2D eigenvalue weighted by Crippen LogP contribution is -2.44. The predicted octanol–water partition coefficient (Wildman–Crippen LogP) is 0.364. The van der Waals surface area contributed by atoms with E-state index >= 15 is 0 Å². The van der Waals surface area contributed by atoms with Gasteiger partial charge in [-0.05, 0) is 19.4 Å². The van der Waals surface area contributed by atoms with Crippen molar-refractivity contribution >= 4 is 0 Å². The summed E-state index contributed by atoms with van der Waals surface area (Å²) in [6.45, 7) is 0.496. The Morgan fingerprint density at radius 3 is 2.60 bits per heavy atom. The summed E-state index contributed by atoms with van der Waals surface area (Å²) in [6.07, 6.45) is -2.13. The molecule has 1 rings (SSSR count). The van der Waals surface area contributed by atoms with Crippen molar-refractivity contribution in [2.24, 2.45) is 0 Å². The first-order chi connectivity index (χ1) is 4.70. The fourth-order valence-corrected chi connectivity index (χ4v) is 1.12. The number of hydrogen-bond acceptors (Lipinski definition) is 2. The molecule has 1 aliphatic heterocycles. The molecule has 1 fully saturated rings. The zero-order chi connectivity index (χ0) is 7.56. The molecule has 0 bridgehead atoms. The van der Waals surface area contributed by atoms with Crippen LogP contribution in [0.4, 0.5) is 8.78 Å². The van der Waals surface area contributed by atoms with E-state index in [1.165, 1.54) is 0 Å². The van der Waals surface area contributed by atoms with Crippen LogP contribution in [-0.4, -0.2) is 30.2 Å². The van der Waals surface area contributed by atoms with Crippen LogP contribution in [0.5, 0.6) is 0 Å². The van der Waals surface area contributed by atoms with Crippen molar-refractivity contribution in [3.05, 3.63) is 0 Å². The second-order valence-corrected chi connectivity index (χ2v) is 2.57. The highest BCUT2D eigenvalue weighted by Gasteiger charge is 2.26. The SMILES string of the molecule is OC1CCNC(C(F)F)C1. The summed E-state index contributed by atoms with van der Waals surface area (Å²) in [6, 6.07) is -0.802. The summed E-state index contributed by atoms with van der Waals surface area (Å²) in [5.41, 5.74) is 0. The molecule has 0 aliphatic carbocycles. The number of piperidine rings is 1. The molecule has 0 spiro atoms. The molecule has 2 nitrogen and oxygen atoms in total. The van der Waals surface area contributed by atoms with E-state index in [4.69, 9.17) is 5.11 Å². The lowest BCUT2D eigenvalue weighted by atomic mass is 10.0. The highest BCUT2D eigenvalue weighted by Crippen LogP contribution is 2.13. The average molecular weight is 151 g/mol. The van der Waals surface area contributed by atoms with Crippen LogP contribution in [-0.2, 0) is 0 Å². The molecule has 60 valence electrons. The van der Waals surface area contributed by atoms with Gasteiger partial charge in [-0.15, -0.1) is 0 Å². The largest absolute Gasteiger partial charge is 0.393 e. The molecule has 1 aliphatic rings. The van der Waals surface area contributed by atoms with Crippen LogP contribution in [0.15, 0.2) is 0 Å². The summed E-state index contributed by atoms with van der Waals surface area (Å²) < 4.78 is 23.8. The Kier molecular flexibility index (Phi) is 2.56. The molecule has 2 unspecified atom stereocenters. The molecule has 1 heterocycles. The Morgan fingerprint density at radius 2 is 2.20 bits per heavy atom. The topological polar surface area (TPSA) is 32.3 Å². The summed E-state index contributed by atoms with van der Waals surface area (Å²) in [5.74, 6) is 0. The van der Waals surface area contributed by atoms with E-state index in [9.17, 15) is 8.78 Å². The fraction of sp³-hybridized carbons (Fsp3) is 1.00. The van der Waals surface area contributed by atoms with E-state index < -0.39 is 18.6 Å². The number of nitrogens with one attached hydrogen (secondary N) is 1. The van der Waals surface area contributed by atoms with Gasteiger partial charge in [-0.2, -0.15) is 0 Å². The Hall–Kier alpha value is -0.220. The monoisotopic (exact) mass is 151 g/mol. The Balaban J connectivity index is 2.32. The van der Waals surface area contributed by atoms with Gasteiger partial charge in [0.2, 0.25) is 0 Å². The molecule has 0 saturated carbocycles. The van der Waals surface area contributed by atoms with Gasteiger partial charge in [-0.3, -0.25) is 0 Å². The lowest BCUT2D eigenvalue weighted by Gasteiger charge is -2.26. The van der Waals surface area contributed by atoms with Gasteiger partial charge in [0.25, 0.3) is 6.43 Å². The van der Waals surface area contributed by atoms with Gasteiger partial charge in [0.1, 0.15) is 0 Å². The van der Waals surface area contributed by atoms with Crippen LogP contribution >= 0.6 is 0 Å². The van der Waals surface area contributed by atoms with Crippen LogP contribution in [0.25, 0.3) is 0 Å². The highest BCUT2D eigenvalue weighted by molar-refractivity contribution is 4.79. The molecule has 0 aromatic carbocycles. The maximum absolute atomic E-state index is 11.9. The fourth-order valence-electron chi connectivity index (χ4n) is 1.12. The summed E-state index contributed by atoms with van der Waals surface area (Å²) in [4.78, 5) is 0. The maximum atomic E-state index is 11.9. The molecule has 10 heavy (non-hydrogen) atoms. The van der Waals surface area contributed by atoms with E-state index in [0.29, 0.717) is 13.0 Å². The molecule has 0 amide bonds. The summed E-state index contributed by atoms with van der Waals surface area (Å²) in [5, 5.41) is 11.6. The van der Waals surface area contributed by atoms with Crippen molar-refractivity contribution in [1.29, 1.82) is 0 Å². The first-order valence-electron chi connectivity index (χ1n) is 3.39. The van der Waals surface area contributed by atoms with Gasteiger partial charge >= 0.3 is 0 Å². The van der Waals surface area contributed by atoms with Crippen molar-refractivity contribution in [1.82, 2.24) is 5.32 Å². The van der Waals surface area contributed by atoms with Crippen molar-refractivity contribution in [3.63, 3.8) is 0 Å². The Morgan fingerprint density at radius 1 is 1.50 bits per heavy atom. The Bertz CT molecular complexity index is 110. The second kappa shape index (κ2) is 3.25. The van der Waals surface area contributed by atoms with Gasteiger partial charge in [0.15, 0.2) is 0 Å². The molecular formula is C6H11F2NO. The van der Waals surface area contributed by atoms with Gasteiger partial charge in [0, 0.05) is 0 Å². The highest BCUT2D eigenvalue weighted by atomic mass is 19.3. The van der Waals surface area contributed by atoms with Crippen LogP contribution in [0.2, 0.25) is 0 Å². The molecule has 2 N–H and O–H groups in total. The standard InChI is InChI=1S/C6H11F2NO/c7-6(8)5-3-4(10)1-2-9-5/h4-6,9-10H,1-3H2. The number of hydrogen-bond donors (Lipinski definition) is 2. The van der Waals surface area contributed by atoms with Crippen molar-refractivity contribution in [2.75, 3.05) is 6.54 Å². The first-order valence-corrected chi connectivity index (χ1v) is 3.39. The molecule has 0 aromatic heterocycles. The minimum absolute atomic E-state index is 0.178. The quantitative estimate of drug-likeness (QED) is 0.567. The van der Waals surface area contributed by atoms with Gasteiger partial charge in [-0.1, -0.05) is 0 Å². The minimum Gasteiger partial charge on any atom is -0.393 e. The number of halogens is 2. The predicted molar refractivity (Wildman–Crippen MR) is 33.0 cm³/mol. The molecule has 0 aromatic rings. The van der Waals surface area contributed by atoms with Crippen LogP contribution < -0.4 is 5.32 Å². The van der Waals surface area contributed by atoms with Gasteiger partial charge < -0.3 is 10.4 Å². The number of aliphatic hydroxyl groups excluding tert-OH is 1. The van der Waals surface area contributed by atoms with E-state index in [0.717, 1.165) is 0 Å². The smallest absolute Gasteiger partial charge is 0.253 e. The normalized spacial score (nSPS) is 34.8. The lowest BCUT2D eigenvalue weighted by molar-refractivity contribution is 0.0375. The summed E-state index contributed by atoms with van der Waals surface area (Å²) in [7, 11) is 0. The second-order valence-electron chi connectivity index (χ2n) is 2.57. The first kappa shape index (κ1) is 7.88. The molecule has 1 saturated heterocycles. The van der Waals surface area contributed by atoms with E-state index in [1.807, 2.05) is 0 Å². The van der Waals surface area contributed by atoms with Crippen LogP contribution in [0.1, 0.15) is 12.8 Å². The van der Waals surface area contributed by atoms with Gasteiger partial charge in [-0.25, -0.2) is 8.78 Å². The number of alkyl halides is 2. The maximum Gasteiger partial charge on any atom is 0.253 e. The van der Waals surface area contributed by atoms with E-state index in [2.05, 4.69) is 5.32 Å². The minimum atomic E-state index is -2.35. The van der Waals surface area contributed by atoms with Crippen LogP contribution in [0.3, 0.4) is 0 Å². The van der Waals surface area contributed by atoms with Gasteiger partial charge in [0.05, 0.1) is 12.1 Å². The molecule has 2 atom stereocenters. The van der Waals surface area contributed by atoms with Crippen molar-refractivity contribution in [2.45, 2.75) is 31.4 Å². The van der Waals surface area contributed by atoms with E-state index in [1.54, 1.807) is 0 Å². The third-order valence-electron chi connectivity index (χ3n) is 1.71. The zero-order valence-electron chi connectivity index (χ0n) is 5.56. The van der Waals surface area contributed by atoms with Crippen molar-refractivity contribution in [3.8, 4) is 0 Å². The third-order valence-corrected chi connectivity index (χ3v) is 1.71. The Labute approximate surface area is 58.2 Å². The zero-order valence-corrected chi connectivity index (χ0v) is 5.56. The van der Waals surface area contributed by atoms with Crippen molar-refractivity contribution < 1.29 is 13.9 Å². The summed E-state index contributed by atoms with van der Waals surface area (Å²) >= 11 is 0. The number of rotatable bonds is 1. The number of aliphatic hydroxyl groups is 1.